The average Bonchev–Trinajstić information content (AvgIpc) is 2.57. The smallest absolute Gasteiger partial charge is 0.377 e. The Morgan fingerprint density at radius 3 is 2.87 bits per heavy atom. The highest BCUT2D eigenvalue weighted by molar-refractivity contribution is 5.93. The van der Waals surface area contributed by atoms with Crippen molar-refractivity contribution in [2.45, 2.75) is 6.92 Å². The molecule has 1 aromatic heterocycles. The molecule has 0 saturated heterocycles. The standard InChI is InChI=1S/C11H9FO3/c1-2-14-11(13)10-9(12)7-5-3-4-6-8(7)15-10/h3-6H,2H2,1H3/i12-1. The minimum Gasteiger partial charge on any atom is -0.460 e. The summed E-state index contributed by atoms with van der Waals surface area (Å²) in [5.74, 6) is -1.80. The molecule has 0 spiro atoms. The first-order chi connectivity index (χ1) is 7.24. The summed E-state index contributed by atoms with van der Waals surface area (Å²) in [6, 6.07) is 6.54. The molecule has 15 heavy (non-hydrogen) atoms. The zero-order chi connectivity index (χ0) is 10.8. The topological polar surface area (TPSA) is 39.4 Å². The third kappa shape index (κ3) is 1.58. The fraction of sp³-hybridized carbons (Fsp3) is 0.182. The molecule has 4 heteroatoms. The molecule has 2 aromatic rings. The summed E-state index contributed by atoms with van der Waals surface area (Å²) in [6.45, 7) is 1.84. The number of ether oxygens (including phenoxy) is 1. The predicted octanol–water partition coefficient (Wildman–Crippen LogP) is 2.75. The molecule has 0 unspecified atom stereocenters. The zero-order valence-electron chi connectivity index (χ0n) is 8.12. The Kier molecular flexibility index (Phi) is 2.41. The maximum absolute atomic E-state index is 13.6. The molecule has 0 fully saturated rings. The Balaban J connectivity index is 2.53. The van der Waals surface area contributed by atoms with E-state index in [-0.39, 0.29) is 12.4 Å². The Bertz CT molecular complexity index is 502. The van der Waals surface area contributed by atoms with Gasteiger partial charge >= 0.3 is 5.97 Å². The van der Waals surface area contributed by atoms with Crippen LogP contribution in [-0.4, -0.2) is 12.6 Å². The molecule has 0 amide bonds. The fourth-order valence-electron chi connectivity index (χ4n) is 1.34. The van der Waals surface area contributed by atoms with Gasteiger partial charge in [0.2, 0.25) is 5.76 Å². The van der Waals surface area contributed by atoms with E-state index in [4.69, 9.17) is 4.42 Å². The lowest BCUT2D eigenvalue weighted by Gasteiger charge is -1.96. The summed E-state index contributed by atoms with van der Waals surface area (Å²) in [7, 11) is 0. The number of furan rings is 1. The molecular weight excluding hydrogens is 198 g/mol. The predicted molar refractivity (Wildman–Crippen MR) is 52.1 cm³/mol. The molecule has 0 saturated carbocycles. The van der Waals surface area contributed by atoms with Gasteiger partial charge in [-0.05, 0) is 19.1 Å². The van der Waals surface area contributed by atoms with Crippen LogP contribution in [0.5, 0.6) is 0 Å². The highest BCUT2D eigenvalue weighted by Crippen LogP contribution is 2.24. The maximum atomic E-state index is 13.6. The molecule has 0 aliphatic rings. The van der Waals surface area contributed by atoms with Crippen molar-refractivity contribution in [1.82, 2.24) is 0 Å². The quantitative estimate of drug-likeness (QED) is 0.711. The summed E-state index contributed by atoms with van der Waals surface area (Å²) in [5.41, 5.74) is 0.345. The second-order valence-corrected chi connectivity index (χ2v) is 2.96. The summed E-state index contributed by atoms with van der Waals surface area (Å²) in [6.07, 6.45) is 0. The van der Waals surface area contributed by atoms with Crippen LogP contribution in [0.4, 0.5) is 4.39 Å². The van der Waals surface area contributed by atoms with Crippen LogP contribution in [0.1, 0.15) is 17.5 Å². The van der Waals surface area contributed by atoms with Crippen molar-refractivity contribution in [3.63, 3.8) is 0 Å². The summed E-state index contributed by atoms with van der Waals surface area (Å²) >= 11 is 0. The normalized spacial score (nSPS) is 10.5. The van der Waals surface area contributed by atoms with Crippen LogP contribution < -0.4 is 0 Å². The van der Waals surface area contributed by atoms with Gasteiger partial charge in [0.25, 0.3) is 0 Å². The van der Waals surface area contributed by atoms with E-state index in [1.165, 1.54) is 0 Å². The average molecular weight is 207 g/mol. The number of hydrogen-bond acceptors (Lipinski definition) is 3. The van der Waals surface area contributed by atoms with Gasteiger partial charge < -0.3 is 9.15 Å². The van der Waals surface area contributed by atoms with Crippen molar-refractivity contribution in [1.29, 1.82) is 0 Å². The fourth-order valence-corrected chi connectivity index (χ4v) is 1.34. The molecule has 0 aliphatic carbocycles. The molecule has 3 nitrogen and oxygen atoms in total. The van der Waals surface area contributed by atoms with Crippen molar-refractivity contribution in [2.75, 3.05) is 6.61 Å². The number of esters is 1. The number of carbonyl (C=O) groups excluding carboxylic acids is 1. The molecule has 78 valence electrons. The van der Waals surface area contributed by atoms with Crippen molar-refractivity contribution < 1.29 is 18.3 Å². The molecule has 0 radical (unpaired) electrons. The third-order valence-electron chi connectivity index (χ3n) is 2.00. The van der Waals surface area contributed by atoms with E-state index in [9.17, 15) is 9.18 Å². The molecule has 1 heterocycles. The van der Waals surface area contributed by atoms with Crippen molar-refractivity contribution >= 4 is 16.9 Å². The monoisotopic (exact) mass is 207 g/mol. The van der Waals surface area contributed by atoms with Gasteiger partial charge in [-0.1, -0.05) is 12.1 Å². The molecule has 0 bridgehead atoms. The number of hydrogen-bond donors (Lipinski definition) is 0. The van der Waals surface area contributed by atoms with Crippen LogP contribution in [0.2, 0.25) is 0 Å². The molecule has 0 N–H and O–H groups in total. The van der Waals surface area contributed by atoms with E-state index in [0.29, 0.717) is 11.0 Å². The molecule has 0 atom stereocenters. The number of rotatable bonds is 2. The van der Waals surface area contributed by atoms with Gasteiger partial charge in [0, 0.05) is 0 Å². The number of carbonyl (C=O) groups is 1. The van der Waals surface area contributed by atoms with Crippen LogP contribution in [0.15, 0.2) is 28.7 Å². The van der Waals surface area contributed by atoms with E-state index in [1.54, 1.807) is 31.2 Å². The highest BCUT2D eigenvalue weighted by atomic mass is 18.2. The summed E-state index contributed by atoms with van der Waals surface area (Å²) in [4.78, 5) is 11.3. The molecular formula is C11H9FO3. The second kappa shape index (κ2) is 3.73. The van der Waals surface area contributed by atoms with Gasteiger partial charge in [0.05, 0.1) is 12.0 Å². The molecule has 2 rings (SSSR count). The Labute approximate surface area is 85.4 Å². The largest absolute Gasteiger partial charge is 0.460 e. The lowest BCUT2D eigenvalue weighted by molar-refractivity contribution is 0.0485. The first-order valence-electron chi connectivity index (χ1n) is 4.58. The van der Waals surface area contributed by atoms with E-state index >= 15 is 0 Å². The third-order valence-corrected chi connectivity index (χ3v) is 2.00. The van der Waals surface area contributed by atoms with E-state index in [0.717, 1.165) is 0 Å². The van der Waals surface area contributed by atoms with Gasteiger partial charge in [-0.3, -0.25) is 0 Å². The zero-order valence-corrected chi connectivity index (χ0v) is 8.12. The Morgan fingerprint density at radius 1 is 1.47 bits per heavy atom. The van der Waals surface area contributed by atoms with Crippen LogP contribution in [0.3, 0.4) is 0 Å². The SMILES string of the molecule is CCOC(=O)c1oc2ccccc2c1[18F]. The minimum absolute atomic E-state index is 0.190. The van der Waals surface area contributed by atoms with Crippen molar-refractivity contribution in [3.8, 4) is 0 Å². The number of para-hydroxylation sites is 1. The first-order valence-corrected chi connectivity index (χ1v) is 4.58. The maximum Gasteiger partial charge on any atom is 0.377 e. The van der Waals surface area contributed by atoms with Crippen molar-refractivity contribution in [3.05, 3.63) is 35.8 Å². The van der Waals surface area contributed by atoms with Gasteiger partial charge in [-0.15, -0.1) is 0 Å². The molecule has 0 aliphatic heterocycles. The van der Waals surface area contributed by atoms with Crippen LogP contribution in [0.25, 0.3) is 11.0 Å². The van der Waals surface area contributed by atoms with E-state index in [1.807, 2.05) is 0 Å². The number of fused-ring (bicyclic) bond motifs is 1. The Morgan fingerprint density at radius 2 is 2.20 bits per heavy atom. The Hall–Kier alpha value is -1.84. The molecule has 1 aromatic carbocycles. The van der Waals surface area contributed by atoms with Crippen LogP contribution >= 0.6 is 0 Å². The number of benzene rings is 1. The van der Waals surface area contributed by atoms with Crippen molar-refractivity contribution in [2.24, 2.45) is 0 Å². The second-order valence-electron chi connectivity index (χ2n) is 2.96. The highest BCUT2D eigenvalue weighted by Gasteiger charge is 2.21. The first kappa shape index (κ1) is 9.71. The lowest BCUT2D eigenvalue weighted by Crippen LogP contribution is -2.04. The van der Waals surface area contributed by atoms with Crippen LogP contribution in [-0.2, 0) is 4.74 Å². The van der Waals surface area contributed by atoms with Crippen LogP contribution in [0, 0.1) is 5.82 Å². The van der Waals surface area contributed by atoms with E-state index < -0.39 is 11.8 Å². The van der Waals surface area contributed by atoms with Gasteiger partial charge in [0.1, 0.15) is 5.58 Å². The van der Waals surface area contributed by atoms with Gasteiger partial charge in [0.15, 0.2) is 5.82 Å². The van der Waals surface area contributed by atoms with Gasteiger partial charge in [-0.25, -0.2) is 9.18 Å². The minimum atomic E-state index is -0.772. The van der Waals surface area contributed by atoms with Gasteiger partial charge in [-0.2, -0.15) is 0 Å². The lowest BCUT2D eigenvalue weighted by atomic mass is 10.2. The summed E-state index contributed by atoms with van der Waals surface area (Å²) in [5, 5.41) is 0.292. The summed E-state index contributed by atoms with van der Waals surface area (Å²) < 4.78 is 23.3. The van der Waals surface area contributed by atoms with E-state index in [2.05, 4.69) is 4.74 Å². The number of halogens is 1.